The molecule has 0 unspecified atom stereocenters. The molecule has 9 heteroatoms. The summed E-state index contributed by atoms with van der Waals surface area (Å²) in [5, 5.41) is 0. The Morgan fingerprint density at radius 1 is 1.00 bits per heavy atom. The van der Waals surface area contributed by atoms with Gasteiger partial charge in [0.1, 0.15) is 22.3 Å². The summed E-state index contributed by atoms with van der Waals surface area (Å²) in [5.41, 5.74) is 0.723. The first kappa shape index (κ1) is 19.8. The minimum Gasteiger partial charge on any atom is -0.379 e. The van der Waals surface area contributed by atoms with E-state index >= 15 is 0 Å². The van der Waals surface area contributed by atoms with E-state index in [4.69, 9.17) is 4.74 Å². The summed E-state index contributed by atoms with van der Waals surface area (Å²) in [7, 11) is -4.18. The number of hydrogen-bond donors (Lipinski definition) is 1. The molecule has 1 heterocycles. The third-order valence-electron chi connectivity index (χ3n) is 4.39. The van der Waals surface area contributed by atoms with Crippen LogP contribution in [0.4, 0.5) is 13.2 Å². The molecule has 146 valence electrons. The maximum absolute atomic E-state index is 13.9. The van der Waals surface area contributed by atoms with Crippen LogP contribution in [0.5, 0.6) is 0 Å². The lowest BCUT2D eigenvalue weighted by Gasteiger charge is -2.34. The summed E-state index contributed by atoms with van der Waals surface area (Å²) in [5.74, 6) is -2.41. The van der Waals surface area contributed by atoms with Crippen molar-refractivity contribution in [3.63, 3.8) is 0 Å². The summed E-state index contributed by atoms with van der Waals surface area (Å²) in [4.78, 5) is 1.39. The maximum atomic E-state index is 13.9. The fourth-order valence-corrected chi connectivity index (χ4v) is 4.09. The molecule has 1 aliphatic rings. The van der Waals surface area contributed by atoms with Gasteiger partial charge in [-0.2, -0.15) is 0 Å². The third-order valence-corrected chi connectivity index (χ3v) is 5.85. The van der Waals surface area contributed by atoms with Crippen LogP contribution in [0.1, 0.15) is 11.6 Å². The fourth-order valence-electron chi connectivity index (χ4n) is 2.99. The SMILES string of the molecule is O=S(=O)(NC[C@H](c1ccc(F)cc1)N1CCOCC1)c1ccc(F)cc1F. The Balaban J connectivity index is 1.82. The third kappa shape index (κ3) is 4.86. The second-order valence-corrected chi connectivity index (χ2v) is 7.88. The number of rotatable bonds is 6. The zero-order valence-corrected chi connectivity index (χ0v) is 15.2. The minimum atomic E-state index is -4.18. The van der Waals surface area contributed by atoms with E-state index in [1.54, 1.807) is 12.1 Å². The number of morpholine rings is 1. The number of benzene rings is 2. The van der Waals surface area contributed by atoms with Crippen LogP contribution in [0.15, 0.2) is 47.4 Å². The van der Waals surface area contributed by atoms with Gasteiger partial charge in [-0.3, -0.25) is 4.90 Å². The number of ether oxygens (including phenoxy) is 1. The highest BCUT2D eigenvalue weighted by atomic mass is 32.2. The molecule has 0 bridgehead atoms. The molecule has 1 fully saturated rings. The van der Waals surface area contributed by atoms with Crippen LogP contribution in [0.25, 0.3) is 0 Å². The van der Waals surface area contributed by atoms with Gasteiger partial charge in [0, 0.05) is 31.7 Å². The smallest absolute Gasteiger partial charge is 0.243 e. The molecule has 1 atom stereocenters. The zero-order chi connectivity index (χ0) is 19.4. The first-order valence-electron chi connectivity index (χ1n) is 8.39. The van der Waals surface area contributed by atoms with Crippen LogP contribution in [-0.4, -0.2) is 46.2 Å². The standard InChI is InChI=1S/C18H19F3N2O3S/c19-14-3-1-13(2-4-14)17(23-7-9-26-10-8-23)12-22-27(24,25)18-6-5-15(20)11-16(18)21/h1-6,11,17,22H,7-10,12H2/t17-/m1/s1. The van der Waals surface area contributed by atoms with E-state index in [0.29, 0.717) is 32.4 Å². The summed E-state index contributed by atoms with van der Waals surface area (Å²) in [6.45, 7) is 2.10. The van der Waals surface area contributed by atoms with Crippen molar-refractivity contribution in [2.45, 2.75) is 10.9 Å². The molecule has 0 aliphatic carbocycles. The van der Waals surface area contributed by atoms with E-state index in [9.17, 15) is 21.6 Å². The molecular weight excluding hydrogens is 381 g/mol. The van der Waals surface area contributed by atoms with E-state index < -0.39 is 32.4 Å². The van der Waals surface area contributed by atoms with Gasteiger partial charge in [0.2, 0.25) is 10.0 Å². The quantitative estimate of drug-likeness (QED) is 0.809. The van der Waals surface area contributed by atoms with Gasteiger partial charge in [-0.1, -0.05) is 12.1 Å². The number of sulfonamides is 1. The van der Waals surface area contributed by atoms with Crippen LogP contribution < -0.4 is 4.72 Å². The van der Waals surface area contributed by atoms with E-state index in [2.05, 4.69) is 4.72 Å². The highest BCUT2D eigenvalue weighted by Crippen LogP contribution is 2.23. The summed E-state index contributed by atoms with van der Waals surface area (Å²) in [6, 6.07) is 7.69. The molecule has 0 amide bonds. The molecule has 1 N–H and O–H groups in total. The molecule has 0 radical (unpaired) electrons. The molecular formula is C18H19F3N2O3S. The average molecular weight is 400 g/mol. The topological polar surface area (TPSA) is 58.6 Å². The Kier molecular flexibility index (Phi) is 6.15. The normalized spacial score (nSPS) is 17.0. The Morgan fingerprint density at radius 2 is 1.63 bits per heavy atom. The van der Waals surface area contributed by atoms with Gasteiger partial charge in [0.15, 0.2) is 0 Å². The highest BCUT2D eigenvalue weighted by Gasteiger charge is 2.26. The first-order chi connectivity index (χ1) is 12.9. The highest BCUT2D eigenvalue weighted by molar-refractivity contribution is 7.89. The van der Waals surface area contributed by atoms with Crippen molar-refractivity contribution in [2.75, 3.05) is 32.8 Å². The molecule has 0 saturated carbocycles. The van der Waals surface area contributed by atoms with E-state index in [1.165, 1.54) is 12.1 Å². The van der Waals surface area contributed by atoms with Crippen LogP contribution in [0.3, 0.4) is 0 Å². The molecule has 2 aromatic rings. The average Bonchev–Trinajstić information content (AvgIpc) is 2.64. The summed E-state index contributed by atoms with van der Waals surface area (Å²) < 4.78 is 72.8. The van der Waals surface area contributed by atoms with Gasteiger partial charge >= 0.3 is 0 Å². The lowest BCUT2D eigenvalue weighted by atomic mass is 10.0. The number of hydrogen-bond acceptors (Lipinski definition) is 4. The molecule has 1 saturated heterocycles. The second-order valence-electron chi connectivity index (χ2n) is 6.14. The first-order valence-corrected chi connectivity index (χ1v) is 9.87. The van der Waals surface area contributed by atoms with Crippen molar-refractivity contribution in [3.8, 4) is 0 Å². The predicted molar refractivity (Wildman–Crippen MR) is 93.1 cm³/mol. The Morgan fingerprint density at radius 3 is 2.26 bits per heavy atom. The summed E-state index contributed by atoms with van der Waals surface area (Å²) >= 11 is 0. The van der Waals surface area contributed by atoms with Crippen LogP contribution >= 0.6 is 0 Å². The molecule has 5 nitrogen and oxygen atoms in total. The molecule has 0 spiro atoms. The number of nitrogens with zero attached hydrogens (tertiary/aromatic N) is 1. The Hall–Kier alpha value is -1.94. The molecule has 1 aliphatic heterocycles. The molecule has 27 heavy (non-hydrogen) atoms. The van der Waals surface area contributed by atoms with E-state index in [1.807, 2.05) is 4.90 Å². The van der Waals surface area contributed by atoms with Gasteiger partial charge in [-0.25, -0.2) is 26.3 Å². The molecule has 3 rings (SSSR count). The molecule has 0 aromatic heterocycles. The van der Waals surface area contributed by atoms with Crippen molar-refractivity contribution >= 4 is 10.0 Å². The van der Waals surface area contributed by atoms with Crippen molar-refractivity contribution < 1.29 is 26.3 Å². The van der Waals surface area contributed by atoms with Crippen LogP contribution in [0, 0.1) is 17.5 Å². The Bertz CT molecular complexity index is 885. The lowest BCUT2D eigenvalue weighted by Crippen LogP contribution is -2.43. The maximum Gasteiger partial charge on any atom is 0.243 e. The second kappa shape index (κ2) is 8.39. The van der Waals surface area contributed by atoms with E-state index in [0.717, 1.165) is 17.7 Å². The van der Waals surface area contributed by atoms with Crippen LogP contribution in [-0.2, 0) is 14.8 Å². The van der Waals surface area contributed by atoms with Gasteiger partial charge in [-0.15, -0.1) is 0 Å². The monoisotopic (exact) mass is 400 g/mol. The van der Waals surface area contributed by atoms with Crippen LogP contribution in [0.2, 0.25) is 0 Å². The van der Waals surface area contributed by atoms with Crippen molar-refractivity contribution in [3.05, 3.63) is 65.5 Å². The van der Waals surface area contributed by atoms with Gasteiger partial charge in [0.25, 0.3) is 0 Å². The predicted octanol–water partition coefficient (Wildman–Crippen LogP) is 2.46. The van der Waals surface area contributed by atoms with Crippen molar-refractivity contribution in [1.29, 1.82) is 0 Å². The van der Waals surface area contributed by atoms with Gasteiger partial charge < -0.3 is 4.74 Å². The van der Waals surface area contributed by atoms with Gasteiger partial charge in [-0.05, 0) is 29.8 Å². The fraction of sp³-hybridized carbons (Fsp3) is 0.333. The molecule has 2 aromatic carbocycles. The summed E-state index contributed by atoms with van der Waals surface area (Å²) in [6.07, 6.45) is 0. The van der Waals surface area contributed by atoms with Crippen molar-refractivity contribution in [1.82, 2.24) is 9.62 Å². The van der Waals surface area contributed by atoms with E-state index in [-0.39, 0.29) is 12.6 Å². The van der Waals surface area contributed by atoms with Gasteiger partial charge in [0.05, 0.1) is 13.2 Å². The minimum absolute atomic E-state index is 0.0508. The number of halogens is 3. The number of nitrogens with one attached hydrogen (secondary N) is 1. The zero-order valence-electron chi connectivity index (χ0n) is 14.4. The van der Waals surface area contributed by atoms with Crippen molar-refractivity contribution in [2.24, 2.45) is 0 Å². The Labute approximate surface area is 155 Å². The largest absolute Gasteiger partial charge is 0.379 e. The lowest BCUT2D eigenvalue weighted by molar-refractivity contribution is 0.0172.